The van der Waals surface area contributed by atoms with Gasteiger partial charge in [-0.3, -0.25) is 19.2 Å². The van der Waals surface area contributed by atoms with Crippen molar-refractivity contribution in [3.63, 3.8) is 0 Å². The summed E-state index contributed by atoms with van der Waals surface area (Å²) in [4.78, 5) is 66.4. The number of cyclic esters (lactones) is 2. The average Bonchev–Trinajstić information content (AvgIpc) is 3.10. The Hall–Kier alpha value is -4.13. The van der Waals surface area contributed by atoms with Crippen LogP contribution in [0.4, 0.5) is 0 Å². The molecule has 2 amide bonds. The number of ether oxygens (including phenoxy) is 4. The number of carbonyl (C=O) groups excluding carboxylic acids is 5. The molecule has 7 atom stereocenters. The summed E-state index contributed by atoms with van der Waals surface area (Å²) in [5.74, 6) is -4.59. The maximum Gasteiger partial charge on any atom is 0.347 e. The highest BCUT2D eigenvalue weighted by Gasteiger charge is 2.39. The molecule has 0 bridgehead atoms. The Bertz CT molecular complexity index is 1580. The normalized spacial score (nSPS) is 22.6. The van der Waals surface area contributed by atoms with Gasteiger partial charge in [0.25, 0.3) is 0 Å². The van der Waals surface area contributed by atoms with Crippen molar-refractivity contribution >= 4 is 52.9 Å². The van der Waals surface area contributed by atoms with Crippen LogP contribution in [0.1, 0.15) is 64.0 Å². The summed E-state index contributed by atoms with van der Waals surface area (Å²) in [7, 11) is 1.48. The quantitative estimate of drug-likeness (QED) is 0.173. The molecule has 1 aliphatic heterocycles. The first kappa shape index (κ1) is 42.3. The molecule has 1 aliphatic rings. The van der Waals surface area contributed by atoms with E-state index >= 15 is 0 Å². The van der Waals surface area contributed by atoms with Crippen LogP contribution >= 0.6 is 23.2 Å². The largest absolute Gasteiger partial charge is 0.495 e. The van der Waals surface area contributed by atoms with Gasteiger partial charge < -0.3 is 35.3 Å². The Kier molecular flexibility index (Phi) is 16.0. The van der Waals surface area contributed by atoms with Gasteiger partial charge in [-0.1, -0.05) is 88.7 Å². The molecule has 0 spiro atoms. The molecule has 14 heteroatoms. The van der Waals surface area contributed by atoms with Gasteiger partial charge in [-0.2, -0.15) is 0 Å². The van der Waals surface area contributed by atoms with Crippen LogP contribution in [0.5, 0.6) is 5.75 Å². The molecule has 1 heterocycles. The number of methoxy groups -OCH3 is 1. The van der Waals surface area contributed by atoms with Gasteiger partial charge in [0.15, 0.2) is 6.10 Å². The smallest absolute Gasteiger partial charge is 0.347 e. The van der Waals surface area contributed by atoms with Crippen LogP contribution in [0, 0.1) is 17.3 Å². The van der Waals surface area contributed by atoms with Gasteiger partial charge in [0.05, 0.1) is 30.0 Å². The molecular formula is C38H49Cl2N3O9. The maximum atomic E-state index is 13.8. The number of nitrogens with one attached hydrogen (secondary N) is 2. The lowest BCUT2D eigenvalue weighted by Crippen LogP contribution is -2.49. The number of esters is 3. The highest BCUT2D eigenvalue weighted by atomic mass is 35.5. The van der Waals surface area contributed by atoms with Gasteiger partial charge in [-0.15, -0.1) is 11.6 Å². The molecule has 0 aromatic heterocycles. The second-order valence-electron chi connectivity index (χ2n) is 14.0. The maximum absolute atomic E-state index is 13.8. The summed E-state index contributed by atoms with van der Waals surface area (Å²) >= 11 is 13.2. The van der Waals surface area contributed by atoms with E-state index in [1.54, 1.807) is 56.3 Å². The fraction of sp³-hybridized carbons (Fsp3) is 0.500. The molecule has 0 fully saturated rings. The van der Waals surface area contributed by atoms with Crippen LogP contribution in [0.2, 0.25) is 5.02 Å². The van der Waals surface area contributed by atoms with Gasteiger partial charge in [0.1, 0.15) is 24.0 Å². The van der Waals surface area contributed by atoms with Crippen molar-refractivity contribution in [2.45, 2.75) is 83.6 Å². The topological polar surface area (TPSA) is 172 Å². The number of alkyl halides is 1. The van der Waals surface area contributed by atoms with E-state index in [-0.39, 0.29) is 25.8 Å². The van der Waals surface area contributed by atoms with Gasteiger partial charge in [-0.05, 0) is 34.8 Å². The number of rotatable bonds is 10. The highest BCUT2D eigenvalue weighted by molar-refractivity contribution is 6.32. The lowest BCUT2D eigenvalue weighted by molar-refractivity contribution is -0.179. The van der Waals surface area contributed by atoms with Crippen molar-refractivity contribution in [2.24, 2.45) is 23.0 Å². The van der Waals surface area contributed by atoms with Crippen LogP contribution in [0.3, 0.4) is 0 Å². The predicted molar refractivity (Wildman–Crippen MR) is 197 cm³/mol. The second-order valence-corrected chi connectivity index (χ2v) is 14.9. The van der Waals surface area contributed by atoms with E-state index in [1.165, 1.54) is 19.3 Å². The lowest BCUT2D eigenvalue weighted by Gasteiger charge is -2.34. The first-order chi connectivity index (χ1) is 24.5. The van der Waals surface area contributed by atoms with Crippen molar-refractivity contribution in [1.29, 1.82) is 0 Å². The molecule has 4 N–H and O–H groups in total. The van der Waals surface area contributed by atoms with Gasteiger partial charge in [0.2, 0.25) is 11.8 Å². The summed E-state index contributed by atoms with van der Waals surface area (Å²) in [6, 6.07) is 12.9. The highest BCUT2D eigenvalue weighted by Crippen LogP contribution is 2.35. The van der Waals surface area contributed by atoms with Crippen molar-refractivity contribution in [3.8, 4) is 5.75 Å². The van der Waals surface area contributed by atoms with E-state index < -0.39 is 83.2 Å². The third kappa shape index (κ3) is 12.8. The van der Waals surface area contributed by atoms with E-state index in [4.69, 9.17) is 47.9 Å². The zero-order valence-electron chi connectivity index (χ0n) is 30.4. The fourth-order valence-corrected chi connectivity index (χ4v) is 6.23. The molecule has 3 rings (SSSR count). The molecular weight excluding hydrogens is 713 g/mol. The number of hydrogen-bond acceptors (Lipinski definition) is 10. The number of amides is 2. The van der Waals surface area contributed by atoms with Crippen LogP contribution in [-0.4, -0.2) is 74.3 Å². The van der Waals surface area contributed by atoms with E-state index in [9.17, 15) is 24.0 Å². The summed E-state index contributed by atoms with van der Waals surface area (Å²) in [6.07, 6.45) is -0.490. The minimum absolute atomic E-state index is 0.0348. The minimum Gasteiger partial charge on any atom is -0.495 e. The molecule has 7 unspecified atom stereocenters. The van der Waals surface area contributed by atoms with Crippen molar-refractivity contribution in [2.75, 3.05) is 20.2 Å². The van der Waals surface area contributed by atoms with E-state index in [2.05, 4.69) is 10.6 Å². The summed E-state index contributed by atoms with van der Waals surface area (Å²) < 4.78 is 22.7. The van der Waals surface area contributed by atoms with Gasteiger partial charge >= 0.3 is 17.9 Å². The summed E-state index contributed by atoms with van der Waals surface area (Å²) in [6.45, 7) is 8.36. The van der Waals surface area contributed by atoms with Crippen molar-refractivity contribution < 1.29 is 42.9 Å². The standard InChI is InChI=1S/C38H49Cl2N3O9/c1-22-21-42-35(46)27(18-24-15-16-29(49-6)26(39)17-24)43-31(44)14-10-13-28(50-37(48)30(51-36(22)47)19-38(3,4)5)23(2)34(52-32(45)20-41)33(40)25-11-8-7-9-12-25/h7-12,14-17,22-23,27-28,30,33-34H,13,18-21,41H2,1-6H3,(H,42,46)(H,43,44). The molecule has 0 saturated carbocycles. The molecule has 2 aromatic rings. The number of hydrogen-bond donors (Lipinski definition) is 3. The van der Waals surface area contributed by atoms with E-state index in [0.29, 0.717) is 21.9 Å². The Balaban J connectivity index is 2.02. The zero-order chi connectivity index (χ0) is 38.6. The minimum atomic E-state index is -1.31. The Morgan fingerprint density at radius 1 is 1.06 bits per heavy atom. The number of carbonyl (C=O) groups is 5. The molecule has 12 nitrogen and oxygen atoms in total. The molecule has 52 heavy (non-hydrogen) atoms. The zero-order valence-corrected chi connectivity index (χ0v) is 31.9. The van der Waals surface area contributed by atoms with Crippen LogP contribution in [0.15, 0.2) is 60.7 Å². The van der Waals surface area contributed by atoms with Gasteiger partial charge in [-0.25, -0.2) is 4.79 Å². The molecule has 2 aromatic carbocycles. The SMILES string of the molecule is COc1ccc(CC2NC(=O)C=CCC(C(C)C(OC(=O)CN)C(Cl)c3ccccc3)OC(=O)C(CC(C)(C)C)OC(=O)C(C)CNC2=O)cc1Cl. The third-order valence-corrected chi connectivity index (χ3v) is 9.24. The number of nitrogens with two attached hydrogens (primary N) is 1. The monoisotopic (exact) mass is 761 g/mol. The Morgan fingerprint density at radius 3 is 2.37 bits per heavy atom. The summed E-state index contributed by atoms with van der Waals surface area (Å²) in [5.41, 5.74) is 6.42. The van der Waals surface area contributed by atoms with Crippen LogP contribution < -0.4 is 21.1 Å². The van der Waals surface area contributed by atoms with E-state index in [0.717, 1.165) is 0 Å². The van der Waals surface area contributed by atoms with E-state index in [1.807, 2.05) is 26.8 Å². The molecule has 284 valence electrons. The lowest BCUT2D eigenvalue weighted by atomic mass is 9.88. The number of benzene rings is 2. The van der Waals surface area contributed by atoms with Crippen molar-refractivity contribution in [1.82, 2.24) is 10.6 Å². The predicted octanol–water partition coefficient (Wildman–Crippen LogP) is 4.83. The fourth-order valence-electron chi connectivity index (χ4n) is 5.52. The third-order valence-electron chi connectivity index (χ3n) is 8.44. The van der Waals surface area contributed by atoms with Crippen LogP contribution in [-0.2, 0) is 44.6 Å². The molecule has 0 aliphatic carbocycles. The molecule has 0 saturated heterocycles. The summed E-state index contributed by atoms with van der Waals surface area (Å²) in [5, 5.41) is 4.89. The van der Waals surface area contributed by atoms with Gasteiger partial charge in [0, 0.05) is 31.7 Å². The first-order valence-electron chi connectivity index (χ1n) is 17.1. The Morgan fingerprint density at radius 2 is 1.75 bits per heavy atom. The second kappa shape index (κ2) is 19.6. The Labute approximate surface area is 315 Å². The van der Waals surface area contributed by atoms with Crippen LogP contribution in [0.25, 0.3) is 0 Å². The first-order valence-corrected chi connectivity index (χ1v) is 17.9. The average molecular weight is 763 g/mol. The number of halogens is 2. The van der Waals surface area contributed by atoms with Crippen molar-refractivity contribution in [3.05, 3.63) is 76.8 Å². The molecule has 0 radical (unpaired) electrons.